The van der Waals surface area contributed by atoms with Crippen molar-refractivity contribution in [3.05, 3.63) is 41.2 Å². The first kappa shape index (κ1) is 18.4. The van der Waals surface area contributed by atoms with Crippen LogP contribution in [0.3, 0.4) is 0 Å². The maximum atomic E-state index is 13.1. The molecule has 0 bridgehead atoms. The summed E-state index contributed by atoms with van der Waals surface area (Å²) in [6.07, 6.45) is 2.64. The van der Waals surface area contributed by atoms with Gasteiger partial charge in [-0.2, -0.15) is 0 Å². The molecule has 1 N–H and O–H groups in total. The maximum Gasteiger partial charge on any atom is 0.198 e. The van der Waals surface area contributed by atoms with E-state index in [0.29, 0.717) is 5.16 Å². The normalized spacial score (nSPS) is 13.6. The number of fused-ring (bicyclic) bond motifs is 1. The minimum absolute atomic E-state index is 0.322. The van der Waals surface area contributed by atoms with Crippen LogP contribution in [-0.2, 0) is 17.2 Å². The van der Waals surface area contributed by atoms with Gasteiger partial charge in [0.25, 0.3) is 0 Å². The van der Waals surface area contributed by atoms with Gasteiger partial charge in [-0.25, -0.2) is 4.98 Å². The Kier molecular flexibility index (Phi) is 5.27. The van der Waals surface area contributed by atoms with Crippen LogP contribution in [0.4, 0.5) is 0 Å². The molecule has 3 aromatic rings. The molecule has 6 nitrogen and oxygen atoms in total. The summed E-state index contributed by atoms with van der Waals surface area (Å²) >= 11 is 0. The zero-order valence-electron chi connectivity index (χ0n) is 15.6. The zero-order chi connectivity index (χ0) is 18.8. The van der Waals surface area contributed by atoms with Gasteiger partial charge in [0.2, 0.25) is 0 Å². The van der Waals surface area contributed by atoms with E-state index in [1.165, 1.54) is 0 Å². The largest absolute Gasteiger partial charge is 0.497 e. The summed E-state index contributed by atoms with van der Waals surface area (Å²) in [4.78, 5) is 12.2. The number of nitrogens with one attached hydrogen (secondary N) is 1. The van der Waals surface area contributed by atoms with E-state index in [1.807, 2.05) is 32.0 Å². The molecular weight excluding hydrogens is 350 g/mol. The minimum Gasteiger partial charge on any atom is -0.497 e. The van der Waals surface area contributed by atoms with Gasteiger partial charge in [-0.15, -0.1) is 0 Å². The number of hydrogen-bond acceptors (Lipinski definition) is 5. The van der Waals surface area contributed by atoms with Gasteiger partial charge >= 0.3 is 0 Å². The molecule has 0 spiro atoms. The van der Waals surface area contributed by atoms with Crippen LogP contribution in [0.25, 0.3) is 11.0 Å². The lowest BCUT2D eigenvalue weighted by atomic mass is 10.1. The van der Waals surface area contributed by atoms with Crippen molar-refractivity contribution in [3.63, 3.8) is 0 Å². The number of imidazole rings is 1. The third-order valence-corrected chi connectivity index (χ3v) is 5.96. The molecule has 0 amide bonds. The topological polar surface area (TPSA) is 77.1 Å². The zero-order valence-corrected chi connectivity index (χ0v) is 16.4. The van der Waals surface area contributed by atoms with Crippen LogP contribution in [0, 0.1) is 6.92 Å². The van der Waals surface area contributed by atoms with Crippen molar-refractivity contribution in [1.82, 2.24) is 15.0 Å². The SMILES string of the molecule is CCc1cnc(C(C)S(=O)c2nc3ccc(OC)cc3[nH]2)c(C)c1OC. The van der Waals surface area contributed by atoms with E-state index >= 15 is 0 Å². The third-order valence-electron chi connectivity index (χ3n) is 4.53. The van der Waals surface area contributed by atoms with E-state index < -0.39 is 10.8 Å². The van der Waals surface area contributed by atoms with E-state index in [4.69, 9.17) is 9.47 Å². The molecule has 2 atom stereocenters. The van der Waals surface area contributed by atoms with E-state index in [-0.39, 0.29) is 5.25 Å². The second-order valence-electron chi connectivity index (χ2n) is 6.05. The average molecular weight is 373 g/mol. The highest BCUT2D eigenvalue weighted by molar-refractivity contribution is 7.85. The Balaban J connectivity index is 1.97. The standard InChI is InChI=1S/C19H23N3O3S/c1-6-13-10-20-17(11(2)18(13)25-5)12(3)26(23)19-21-15-8-7-14(24-4)9-16(15)22-19/h7-10,12H,6H2,1-5H3,(H,21,22). The van der Waals surface area contributed by atoms with Crippen molar-refractivity contribution in [2.45, 2.75) is 37.6 Å². The Morgan fingerprint density at radius 2 is 2.04 bits per heavy atom. The van der Waals surface area contributed by atoms with Gasteiger partial charge in [0.15, 0.2) is 5.16 Å². The van der Waals surface area contributed by atoms with Crippen molar-refractivity contribution in [2.75, 3.05) is 14.2 Å². The quantitative estimate of drug-likeness (QED) is 0.713. The Morgan fingerprint density at radius 1 is 1.27 bits per heavy atom. The highest BCUT2D eigenvalue weighted by Crippen LogP contribution is 2.32. The van der Waals surface area contributed by atoms with Gasteiger partial charge in [-0.1, -0.05) is 6.92 Å². The molecule has 0 saturated carbocycles. The van der Waals surface area contributed by atoms with Crippen LogP contribution in [0.15, 0.2) is 29.6 Å². The summed E-state index contributed by atoms with van der Waals surface area (Å²) in [5, 5.41) is 0.109. The first-order valence-electron chi connectivity index (χ1n) is 8.46. The summed E-state index contributed by atoms with van der Waals surface area (Å²) in [5.41, 5.74) is 4.27. The molecule has 1 aromatic carbocycles. The molecule has 0 saturated heterocycles. The highest BCUT2D eigenvalue weighted by atomic mass is 32.2. The smallest absolute Gasteiger partial charge is 0.198 e. The number of aromatic amines is 1. The van der Waals surface area contributed by atoms with Gasteiger partial charge in [0.05, 0.1) is 47.0 Å². The fraction of sp³-hybridized carbons (Fsp3) is 0.368. The number of rotatable bonds is 6. The van der Waals surface area contributed by atoms with E-state index in [2.05, 4.69) is 21.9 Å². The maximum absolute atomic E-state index is 13.1. The van der Waals surface area contributed by atoms with Gasteiger partial charge in [-0.05, 0) is 32.4 Å². The van der Waals surface area contributed by atoms with Gasteiger partial charge in [0.1, 0.15) is 11.5 Å². The van der Waals surface area contributed by atoms with Crippen molar-refractivity contribution in [2.24, 2.45) is 0 Å². The van der Waals surface area contributed by atoms with Gasteiger partial charge < -0.3 is 14.5 Å². The Bertz CT molecular complexity index is 968. The van der Waals surface area contributed by atoms with Crippen LogP contribution < -0.4 is 9.47 Å². The number of hydrogen-bond donors (Lipinski definition) is 1. The number of methoxy groups -OCH3 is 2. The monoisotopic (exact) mass is 373 g/mol. The van der Waals surface area contributed by atoms with Crippen LogP contribution >= 0.6 is 0 Å². The number of aryl methyl sites for hydroxylation is 1. The molecule has 2 aromatic heterocycles. The number of pyridine rings is 1. The van der Waals surface area contributed by atoms with Crippen molar-refractivity contribution < 1.29 is 13.7 Å². The molecule has 0 aliphatic rings. The van der Waals surface area contributed by atoms with E-state index in [1.54, 1.807) is 20.4 Å². The summed E-state index contributed by atoms with van der Waals surface area (Å²) < 4.78 is 23.8. The molecule has 0 aliphatic heterocycles. The van der Waals surface area contributed by atoms with Crippen molar-refractivity contribution in [3.8, 4) is 11.5 Å². The predicted octanol–water partition coefficient (Wildman–Crippen LogP) is 3.71. The number of H-pyrrole nitrogens is 1. The molecule has 7 heteroatoms. The van der Waals surface area contributed by atoms with Crippen molar-refractivity contribution in [1.29, 1.82) is 0 Å². The molecule has 2 heterocycles. The summed E-state index contributed by atoms with van der Waals surface area (Å²) in [6, 6.07) is 5.52. The molecule has 26 heavy (non-hydrogen) atoms. The lowest BCUT2D eigenvalue weighted by Crippen LogP contribution is -2.10. The number of benzene rings is 1. The third kappa shape index (κ3) is 3.19. The molecular formula is C19H23N3O3S. The minimum atomic E-state index is -1.37. The first-order valence-corrected chi connectivity index (χ1v) is 9.68. The second-order valence-corrected chi connectivity index (χ2v) is 7.73. The summed E-state index contributed by atoms with van der Waals surface area (Å²) in [5.74, 6) is 1.54. The summed E-state index contributed by atoms with van der Waals surface area (Å²) in [7, 11) is 1.89. The van der Waals surface area contributed by atoms with Crippen LogP contribution in [0.1, 0.15) is 35.9 Å². The summed E-state index contributed by atoms with van der Waals surface area (Å²) in [6.45, 7) is 5.91. The van der Waals surface area contributed by atoms with Crippen LogP contribution in [-0.4, -0.2) is 33.4 Å². The van der Waals surface area contributed by atoms with E-state index in [9.17, 15) is 4.21 Å². The van der Waals surface area contributed by atoms with Gasteiger partial charge in [-0.3, -0.25) is 9.19 Å². The first-order chi connectivity index (χ1) is 12.5. The Hall–Kier alpha value is -2.41. The lowest BCUT2D eigenvalue weighted by molar-refractivity contribution is 0.405. The molecule has 0 fully saturated rings. The Morgan fingerprint density at radius 3 is 2.69 bits per heavy atom. The molecule has 0 radical (unpaired) electrons. The number of nitrogens with zero attached hydrogens (tertiary/aromatic N) is 2. The number of ether oxygens (including phenoxy) is 2. The molecule has 138 valence electrons. The Labute approximate surface area is 155 Å². The lowest BCUT2D eigenvalue weighted by Gasteiger charge is -2.17. The predicted molar refractivity (Wildman–Crippen MR) is 102 cm³/mol. The van der Waals surface area contributed by atoms with Crippen molar-refractivity contribution >= 4 is 21.8 Å². The fourth-order valence-corrected chi connectivity index (χ4v) is 4.24. The van der Waals surface area contributed by atoms with Crippen LogP contribution in [0.5, 0.6) is 11.5 Å². The van der Waals surface area contributed by atoms with Gasteiger partial charge in [0, 0.05) is 23.4 Å². The van der Waals surface area contributed by atoms with Crippen LogP contribution in [0.2, 0.25) is 0 Å². The second kappa shape index (κ2) is 7.45. The molecule has 0 aliphatic carbocycles. The van der Waals surface area contributed by atoms with E-state index in [0.717, 1.165) is 45.8 Å². The average Bonchev–Trinajstić information content (AvgIpc) is 3.09. The fourth-order valence-electron chi connectivity index (χ4n) is 3.06. The molecule has 2 unspecified atom stereocenters. The molecule has 3 rings (SSSR count). The highest BCUT2D eigenvalue weighted by Gasteiger charge is 2.24. The number of aromatic nitrogens is 3.